The number of aliphatic carboxylic acids is 1. The molecule has 5 aromatic rings. The Labute approximate surface area is 300 Å². The van der Waals surface area contributed by atoms with E-state index in [9.17, 15) is 41.2 Å². The zero-order valence-corrected chi connectivity index (χ0v) is 27.9. The molecule has 1 aliphatic heterocycles. The van der Waals surface area contributed by atoms with Crippen LogP contribution in [0.25, 0.3) is 28.1 Å². The topological polar surface area (TPSA) is 169 Å². The number of carbonyl (C=O) groups excluding carboxylic acids is 1. The van der Waals surface area contributed by atoms with Crippen LogP contribution in [0.2, 0.25) is 5.02 Å². The van der Waals surface area contributed by atoms with Gasteiger partial charge in [-0.25, -0.2) is 14.5 Å². The predicted molar refractivity (Wildman–Crippen MR) is 177 cm³/mol. The Morgan fingerprint density at radius 1 is 1.00 bits per heavy atom. The molecule has 0 aliphatic carbocycles. The summed E-state index contributed by atoms with van der Waals surface area (Å²) in [4.78, 5) is 44.8. The van der Waals surface area contributed by atoms with Crippen molar-refractivity contribution < 1.29 is 41.0 Å². The molecule has 0 fully saturated rings. The van der Waals surface area contributed by atoms with Crippen LogP contribution in [0.4, 0.5) is 32.0 Å². The number of hydrogen-bond donors (Lipinski definition) is 2. The molecule has 4 heterocycles. The fraction of sp³-hybridized carbons (Fsp3) is 0.235. The molecule has 0 radical (unpaired) electrons. The number of alkyl halides is 6. The van der Waals surface area contributed by atoms with E-state index in [4.69, 9.17) is 21.5 Å². The summed E-state index contributed by atoms with van der Waals surface area (Å²) < 4.78 is 73.8. The number of nitrogens with zero attached hydrogens (tertiary/aromatic N) is 7. The maximum Gasteiger partial charge on any atom is 0.490 e. The number of amides is 1. The molecule has 0 unspecified atom stereocenters. The van der Waals surface area contributed by atoms with Gasteiger partial charge in [0.15, 0.2) is 5.69 Å². The normalized spacial score (nSPS) is 16.1. The number of hydrogen-bond acceptors (Lipinski definition) is 8. The van der Waals surface area contributed by atoms with Gasteiger partial charge in [-0.3, -0.25) is 19.1 Å². The first-order valence-corrected chi connectivity index (χ1v) is 15.8. The van der Waals surface area contributed by atoms with Gasteiger partial charge >= 0.3 is 18.3 Å². The Morgan fingerprint density at radius 3 is 2.38 bits per heavy atom. The number of carbonyl (C=O) groups is 2. The number of benzene rings is 2. The second kappa shape index (κ2) is 15.3. The SMILES string of the molecule is C[C@@H]1CCC[C@H](n2cnc(-c3cc(Cl)ccc3-n3cc(C(F)(F)F)nn3)cc2=O)c2cc(ccn2)-c2ccc(C#N)cc2NC1=O.O=C(O)C(F)(F)F. The summed E-state index contributed by atoms with van der Waals surface area (Å²) in [5.41, 5.74) is 1.96. The van der Waals surface area contributed by atoms with Crippen LogP contribution < -0.4 is 10.9 Å². The van der Waals surface area contributed by atoms with Crippen molar-refractivity contribution in [2.75, 3.05) is 5.32 Å². The van der Waals surface area contributed by atoms with Gasteiger partial charge in [-0.15, -0.1) is 5.10 Å². The van der Waals surface area contributed by atoms with Gasteiger partial charge in [0.2, 0.25) is 5.91 Å². The van der Waals surface area contributed by atoms with E-state index in [0.717, 1.165) is 16.4 Å². The Hall–Kier alpha value is -6.09. The molecule has 0 saturated heterocycles. The van der Waals surface area contributed by atoms with Crippen LogP contribution >= 0.6 is 11.6 Å². The zero-order chi connectivity index (χ0) is 38.7. The van der Waals surface area contributed by atoms with Crippen LogP contribution in [-0.2, 0) is 15.8 Å². The van der Waals surface area contributed by atoms with Gasteiger partial charge in [-0.2, -0.15) is 31.6 Å². The van der Waals surface area contributed by atoms with E-state index in [1.165, 1.54) is 35.2 Å². The van der Waals surface area contributed by atoms with Crippen LogP contribution in [0.5, 0.6) is 0 Å². The minimum atomic E-state index is -5.08. The lowest BCUT2D eigenvalue weighted by atomic mass is 9.95. The smallest absolute Gasteiger partial charge is 0.475 e. The van der Waals surface area contributed by atoms with Crippen molar-refractivity contribution in [3.05, 3.63) is 106 Å². The number of fused-ring (bicyclic) bond motifs is 4. The van der Waals surface area contributed by atoms with Crippen molar-refractivity contribution in [3.8, 4) is 34.1 Å². The van der Waals surface area contributed by atoms with Gasteiger partial charge in [-0.1, -0.05) is 36.2 Å². The highest BCUT2D eigenvalue weighted by Gasteiger charge is 2.38. The number of nitrogens with one attached hydrogen (secondary N) is 1. The van der Waals surface area contributed by atoms with Crippen LogP contribution in [0.15, 0.2) is 78.1 Å². The van der Waals surface area contributed by atoms with E-state index in [-0.39, 0.29) is 33.8 Å². The fourth-order valence-electron chi connectivity index (χ4n) is 5.42. The second-order valence-electron chi connectivity index (χ2n) is 11.7. The predicted octanol–water partition coefficient (Wildman–Crippen LogP) is 7.08. The molecule has 2 bridgehead atoms. The quantitative estimate of drug-likeness (QED) is 0.183. The van der Waals surface area contributed by atoms with Crippen molar-refractivity contribution in [2.24, 2.45) is 5.92 Å². The van der Waals surface area contributed by atoms with Gasteiger partial charge in [0.1, 0.15) is 0 Å². The van der Waals surface area contributed by atoms with E-state index >= 15 is 0 Å². The van der Waals surface area contributed by atoms with Gasteiger partial charge in [0.05, 0.1) is 47.3 Å². The van der Waals surface area contributed by atoms with Crippen molar-refractivity contribution in [1.82, 2.24) is 29.5 Å². The lowest BCUT2D eigenvalue weighted by Crippen LogP contribution is -2.27. The van der Waals surface area contributed by atoms with Crippen molar-refractivity contribution in [1.29, 1.82) is 5.26 Å². The lowest BCUT2D eigenvalue weighted by Gasteiger charge is -2.23. The first-order valence-electron chi connectivity index (χ1n) is 15.5. The minimum absolute atomic E-state index is 0.171. The van der Waals surface area contributed by atoms with E-state index in [2.05, 4.69) is 31.7 Å². The van der Waals surface area contributed by atoms with Crippen molar-refractivity contribution >= 4 is 29.2 Å². The third kappa shape index (κ3) is 8.87. The van der Waals surface area contributed by atoms with Gasteiger partial charge in [0.25, 0.3) is 5.56 Å². The molecule has 53 heavy (non-hydrogen) atoms. The molecule has 6 rings (SSSR count). The summed E-state index contributed by atoms with van der Waals surface area (Å²) in [6.45, 7) is 1.82. The van der Waals surface area contributed by atoms with E-state index < -0.39 is 35.6 Å². The minimum Gasteiger partial charge on any atom is -0.475 e. The third-order valence-corrected chi connectivity index (χ3v) is 8.32. The summed E-state index contributed by atoms with van der Waals surface area (Å²) in [6, 6.07) is 16.0. The highest BCUT2D eigenvalue weighted by molar-refractivity contribution is 6.31. The summed E-state index contributed by atoms with van der Waals surface area (Å²) in [7, 11) is 0. The maximum atomic E-state index is 13.7. The maximum absolute atomic E-state index is 13.7. The molecular weight excluding hydrogens is 734 g/mol. The summed E-state index contributed by atoms with van der Waals surface area (Å²) in [5.74, 6) is -3.29. The third-order valence-electron chi connectivity index (χ3n) is 8.08. The molecule has 19 heteroatoms. The number of carboxylic acids is 1. The fourth-order valence-corrected chi connectivity index (χ4v) is 5.59. The van der Waals surface area contributed by atoms with Gasteiger partial charge < -0.3 is 10.4 Å². The number of pyridine rings is 1. The highest BCUT2D eigenvalue weighted by Crippen LogP contribution is 2.34. The van der Waals surface area contributed by atoms with Gasteiger partial charge in [0, 0.05) is 40.0 Å². The van der Waals surface area contributed by atoms with E-state index in [1.54, 1.807) is 30.5 Å². The molecule has 12 nitrogen and oxygen atoms in total. The number of halogens is 7. The molecule has 3 aromatic heterocycles. The van der Waals surface area contributed by atoms with Crippen LogP contribution in [0.3, 0.4) is 0 Å². The molecule has 1 aliphatic rings. The van der Waals surface area contributed by atoms with Gasteiger partial charge in [-0.05, 0) is 60.9 Å². The van der Waals surface area contributed by atoms with Crippen LogP contribution in [-0.4, -0.2) is 52.7 Å². The Kier molecular flexibility index (Phi) is 11.0. The number of carboxylic acid groups (broad SMARTS) is 1. The lowest BCUT2D eigenvalue weighted by molar-refractivity contribution is -0.192. The molecule has 0 spiro atoms. The number of nitriles is 1. The van der Waals surface area contributed by atoms with Crippen LogP contribution in [0, 0.1) is 17.2 Å². The number of aromatic nitrogens is 6. The largest absolute Gasteiger partial charge is 0.490 e. The molecular formula is C34H25ClF6N8O4. The molecule has 274 valence electrons. The van der Waals surface area contributed by atoms with Crippen LogP contribution in [0.1, 0.15) is 49.2 Å². The van der Waals surface area contributed by atoms with E-state index in [1.807, 2.05) is 13.0 Å². The Balaban J connectivity index is 0.000000705. The molecule has 2 N–H and O–H groups in total. The Morgan fingerprint density at radius 2 is 1.74 bits per heavy atom. The molecule has 0 saturated carbocycles. The van der Waals surface area contributed by atoms with E-state index in [0.29, 0.717) is 41.8 Å². The second-order valence-corrected chi connectivity index (χ2v) is 12.1. The molecule has 1 amide bonds. The summed E-state index contributed by atoms with van der Waals surface area (Å²) in [6.07, 6.45) is -4.45. The van der Waals surface area contributed by atoms with Crippen molar-refractivity contribution in [2.45, 2.75) is 44.6 Å². The average Bonchev–Trinajstić information content (AvgIpc) is 3.61. The number of rotatable bonds is 3. The standard InChI is InChI=1S/C32H24ClF3N8O2.C2HF3O2/c1-18-3-2-4-28(26-12-20(9-10-38-26)22-7-5-19(15-37)11-25(22)40-31(18)46)43-17-39-24(14-30(43)45)23-13-21(33)6-8-27(23)44-16-29(41-42-44)32(34,35)36;3-2(4,5)1(6)7/h5-14,16-18,28H,2-4H2,1H3,(H,40,46);(H,6,7)/t18-,28+;/m1./s1. The first-order chi connectivity index (χ1) is 25.0. The molecule has 2 aromatic carbocycles. The first kappa shape index (κ1) is 38.1. The molecule has 2 atom stereocenters. The zero-order valence-electron chi connectivity index (χ0n) is 27.2. The highest BCUT2D eigenvalue weighted by atomic mass is 35.5. The monoisotopic (exact) mass is 758 g/mol. The average molecular weight is 759 g/mol. The number of anilines is 1. The summed E-state index contributed by atoms with van der Waals surface area (Å²) in [5, 5.41) is 26.7. The van der Waals surface area contributed by atoms with Crippen molar-refractivity contribution in [3.63, 3.8) is 0 Å². The Bertz CT molecular complexity index is 2280. The summed E-state index contributed by atoms with van der Waals surface area (Å²) >= 11 is 6.24.